The molecule has 2 aromatic carbocycles. The molecule has 3 aromatic heterocycles. The second-order valence-electron chi connectivity index (χ2n) is 12.0. The molecule has 14 heteroatoms. The zero-order valence-electron chi connectivity index (χ0n) is 27.5. The number of nitriles is 1. The third-order valence-corrected chi connectivity index (χ3v) is 8.92. The van der Waals surface area contributed by atoms with Crippen molar-refractivity contribution in [3.63, 3.8) is 0 Å². The molecular weight excluding hydrogens is 648 g/mol. The van der Waals surface area contributed by atoms with E-state index in [9.17, 15) is 14.6 Å². The van der Waals surface area contributed by atoms with Crippen molar-refractivity contribution < 1.29 is 27.3 Å². The number of carbonyl (C=O) groups excluding carboxylic acids is 1. The molecule has 3 heterocycles. The van der Waals surface area contributed by atoms with Crippen LogP contribution in [-0.2, 0) is 31.4 Å². The van der Waals surface area contributed by atoms with Gasteiger partial charge in [-0.15, -0.1) is 0 Å². The first-order chi connectivity index (χ1) is 23.5. The molecule has 5 rings (SSSR count). The highest BCUT2D eigenvalue weighted by Gasteiger charge is 2.41. The number of phosphoric acid groups is 1. The summed E-state index contributed by atoms with van der Waals surface area (Å²) in [6.07, 6.45) is 2.56. The highest BCUT2D eigenvalue weighted by molar-refractivity contribution is 7.48. The molecule has 0 saturated carbocycles. The summed E-state index contributed by atoms with van der Waals surface area (Å²) in [5, 5.41) is 20.0. The van der Waals surface area contributed by atoms with E-state index >= 15 is 4.39 Å². The molecule has 0 aliphatic carbocycles. The van der Waals surface area contributed by atoms with E-state index in [-0.39, 0.29) is 24.8 Å². The fourth-order valence-electron chi connectivity index (χ4n) is 4.74. The summed E-state index contributed by atoms with van der Waals surface area (Å²) in [4.78, 5) is 22.2. The van der Waals surface area contributed by atoms with E-state index < -0.39 is 32.0 Å². The fraction of sp³-hybridized carbons (Fsp3) is 0.286. The molecule has 12 nitrogen and oxygen atoms in total. The minimum absolute atomic E-state index is 0.0605. The van der Waals surface area contributed by atoms with Gasteiger partial charge in [-0.05, 0) is 44.9 Å². The highest BCUT2D eigenvalue weighted by Crippen LogP contribution is 2.54. The molecule has 5 aromatic rings. The zero-order valence-corrected chi connectivity index (χ0v) is 28.4. The van der Waals surface area contributed by atoms with Gasteiger partial charge in [0.15, 0.2) is 11.5 Å². The topological polar surface area (TPSA) is 153 Å². The van der Waals surface area contributed by atoms with Gasteiger partial charge in [0.25, 0.3) is 5.91 Å². The molecule has 0 radical (unpaired) electrons. The summed E-state index contributed by atoms with van der Waals surface area (Å²) >= 11 is 0. The molecule has 1 amide bonds. The lowest BCUT2D eigenvalue weighted by Crippen LogP contribution is -2.43. The molecular formula is C35H37FN7O5P. The van der Waals surface area contributed by atoms with E-state index in [4.69, 9.17) is 13.6 Å². The van der Waals surface area contributed by atoms with Crippen molar-refractivity contribution in [2.45, 2.75) is 58.7 Å². The van der Waals surface area contributed by atoms with Crippen molar-refractivity contribution in [3.05, 3.63) is 114 Å². The van der Waals surface area contributed by atoms with Crippen LogP contribution in [0.5, 0.6) is 0 Å². The van der Waals surface area contributed by atoms with Gasteiger partial charge in [-0.3, -0.25) is 18.4 Å². The van der Waals surface area contributed by atoms with E-state index in [0.29, 0.717) is 28.1 Å². The van der Waals surface area contributed by atoms with E-state index in [1.165, 1.54) is 30.9 Å². The van der Waals surface area contributed by atoms with Crippen LogP contribution in [0, 0.1) is 11.3 Å². The van der Waals surface area contributed by atoms with Crippen LogP contribution in [0.4, 0.5) is 10.1 Å². The molecule has 1 unspecified atom stereocenters. The Kier molecular flexibility index (Phi) is 11.2. The first kappa shape index (κ1) is 35.3. The van der Waals surface area contributed by atoms with Crippen molar-refractivity contribution in [2.24, 2.45) is 0 Å². The first-order valence-electron chi connectivity index (χ1n) is 15.6. The molecule has 0 saturated heterocycles. The first-order valence-corrected chi connectivity index (χ1v) is 17.0. The lowest BCUT2D eigenvalue weighted by atomic mass is 10.0. The van der Waals surface area contributed by atoms with Crippen molar-refractivity contribution >= 4 is 30.5 Å². The van der Waals surface area contributed by atoms with Crippen molar-refractivity contribution in [1.82, 2.24) is 25.1 Å². The molecule has 254 valence electrons. The average Bonchev–Trinajstić information content (AvgIpc) is 3.52. The Balaban J connectivity index is 1.29. The van der Waals surface area contributed by atoms with Gasteiger partial charge in [0, 0.05) is 29.9 Å². The van der Waals surface area contributed by atoms with Gasteiger partial charge in [-0.1, -0.05) is 60.7 Å². The van der Waals surface area contributed by atoms with Gasteiger partial charge in [0.2, 0.25) is 0 Å². The van der Waals surface area contributed by atoms with Crippen LogP contribution in [0.25, 0.3) is 16.9 Å². The van der Waals surface area contributed by atoms with Crippen LogP contribution in [0.1, 0.15) is 54.7 Å². The number of nitrogens with zero attached hydrogens (tertiary/aromatic N) is 5. The van der Waals surface area contributed by atoms with E-state index in [1.807, 2.05) is 50.2 Å². The molecule has 1 atom stereocenters. The number of pyridine rings is 2. The Bertz CT molecular complexity index is 1940. The number of aromatic nitrogens is 4. The van der Waals surface area contributed by atoms with Gasteiger partial charge < -0.3 is 10.6 Å². The van der Waals surface area contributed by atoms with Crippen LogP contribution in [0.2, 0.25) is 0 Å². The van der Waals surface area contributed by atoms with Crippen LogP contribution in [0.15, 0.2) is 91.4 Å². The predicted molar refractivity (Wildman–Crippen MR) is 183 cm³/mol. The lowest BCUT2D eigenvalue weighted by molar-refractivity contribution is -0.0221. The molecule has 0 aliphatic heterocycles. The Morgan fingerprint density at radius 1 is 0.980 bits per heavy atom. The third kappa shape index (κ3) is 9.13. The summed E-state index contributed by atoms with van der Waals surface area (Å²) in [6, 6.07) is 23.4. The Hall–Kier alpha value is -4.99. The maximum atomic E-state index is 15.8. The average molecular weight is 686 g/mol. The number of anilines is 1. The van der Waals surface area contributed by atoms with Crippen LogP contribution in [0.3, 0.4) is 0 Å². The zero-order chi connectivity index (χ0) is 35.0. The SMILES string of the molecule is CC(C)Nc1cc(-n2ncc3cc(C#N)cnc32)ncc1C(=O)NCC(F)C(C)(C)OP(=O)(OCc1ccccc1)OCc1ccccc1. The third-order valence-electron chi connectivity index (χ3n) is 7.34. The minimum Gasteiger partial charge on any atom is -0.382 e. The van der Waals surface area contributed by atoms with E-state index in [1.54, 1.807) is 42.6 Å². The maximum absolute atomic E-state index is 15.8. The molecule has 2 N–H and O–H groups in total. The number of benzene rings is 2. The van der Waals surface area contributed by atoms with E-state index in [0.717, 1.165) is 11.1 Å². The summed E-state index contributed by atoms with van der Waals surface area (Å²) in [6.45, 7) is 6.00. The Morgan fingerprint density at radius 3 is 2.20 bits per heavy atom. The highest BCUT2D eigenvalue weighted by atomic mass is 31.2. The number of halogens is 1. The number of hydrogen-bond acceptors (Lipinski definition) is 10. The molecule has 0 aliphatic rings. The molecule has 0 spiro atoms. The van der Waals surface area contributed by atoms with Crippen molar-refractivity contribution in [2.75, 3.05) is 11.9 Å². The van der Waals surface area contributed by atoms with Gasteiger partial charge >= 0.3 is 7.82 Å². The number of rotatable bonds is 15. The molecule has 49 heavy (non-hydrogen) atoms. The fourth-order valence-corrected chi connectivity index (χ4v) is 6.22. The lowest BCUT2D eigenvalue weighted by Gasteiger charge is -2.32. The largest absolute Gasteiger partial charge is 0.476 e. The summed E-state index contributed by atoms with van der Waals surface area (Å²) < 4.78 is 48.3. The second-order valence-corrected chi connectivity index (χ2v) is 13.6. The molecule has 0 bridgehead atoms. The monoisotopic (exact) mass is 685 g/mol. The second kappa shape index (κ2) is 15.5. The molecule has 0 fully saturated rings. The van der Waals surface area contributed by atoms with E-state index in [2.05, 4.69) is 31.8 Å². The van der Waals surface area contributed by atoms with Crippen molar-refractivity contribution in [1.29, 1.82) is 5.26 Å². The van der Waals surface area contributed by atoms with Crippen LogP contribution >= 0.6 is 7.82 Å². The van der Waals surface area contributed by atoms with Crippen LogP contribution in [-0.4, -0.2) is 50.0 Å². The van der Waals surface area contributed by atoms with Crippen LogP contribution < -0.4 is 10.6 Å². The Morgan fingerprint density at radius 2 is 1.61 bits per heavy atom. The minimum atomic E-state index is -4.31. The Labute approximate surface area is 283 Å². The van der Waals surface area contributed by atoms with Crippen molar-refractivity contribution in [3.8, 4) is 11.9 Å². The van der Waals surface area contributed by atoms with Gasteiger partial charge in [-0.2, -0.15) is 15.0 Å². The number of phosphoric ester groups is 1. The smallest absolute Gasteiger partial charge is 0.382 e. The number of nitrogens with one attached hydrogen (secondary N) is 2. The number of alkyl halides is 1. The number of fused-ring (bicyclic) bond motifs is 1. The summed E-state index contributed by atoms with van der Waals surface area (Å²) in [5.74, 6) is -0.210. The quantitative estimate of drug-likeness (QED) is 0.111. The summed E-state index contributed by atoms with van der Waals surface area (Å²) in [5.41, 5.74) is 1.25. The number of amides is 1. The van der Waals surface area contributed by atoms with Gasteiger partial charge in [0.05, 0.1) is 42.8 Å². The summed E-state index contributed by atoms with van der Waals surface area (Å²) in [7, 11) is -4.31. The number of carbonyl (C=O) groups is 1. The standard InChI is InChI=1S/C35H37FN7O5P/c1-24(2)42-30-16-32(43-33-28(19-41-43)15-27(17-37)18-39-33)38-20-29(30)34(44)40-21-31(36)35(3,4)48-49(45,46-22-25-11-7-5-8-12-25)47-23-26-13-9-6-10-14-26/h5-16,18-20,24,31H,21-23H2,1-4H3,(H,38,42)(H,40,44). The predicted octanol–water partition coefficient (Wildman–Crippen LogP) is 6.91. The normalized spacial score (nSPS) is 12.5. The number of hydrogen-bond donors (Lipinski definition) is 2. The van der Waals surface area contributed by atoms with Gasteiger partial charge in [-0.25, -0.2) is 18.9 Å². The van der Waals surface area contributed by atoms with Gasteiger partial charge in [0.1, 0.15) is 17.8 Å². The maximum Gasteiger partial charge on any atom is 0.476 e.